The Morgan fingerprint density at radius 2 is 1.57 bits per heavy atom. The van der Waals surface area contributed by atoms with Crippen LogP contribution in [0.2, 0.25) is 0 Å². The highest BCUT2D eigenvalue weighted by Gasteiger charge is 2.30. The summed E-state index contributed by atoms with van der Waals surface area (Å²) in [4.78, 5) is 0. The van der Waals surface area contributed by atoms with E-state index < -0.39 is 11.7 Å². The van der Waals surface area contributed by atoms with Crippen molar-refractivity contribution in [1.82, 2.24) is 0 Å². The lowest BCUT2D eigenvalue weighted by molar-refractivity contribution is -0.137. The molecule has 1 saturated carbocycles. The quantitative estimate of drug-likeness (QED) is 0.297. The van der Waals surface area contributed by atoms with Crippen molar-refractivity contribution in [2.24, 2.45) is 5.92 Å². The number of benzene rings is 2. The van der Waals surface area contributed by atoms with Gasteiger partial charge in [-0.2, -0.15) is 13.2 Å². The number of aryl methyl sites for hydroxylation is 2. The first-order valence-corrected chi connectivity index (χ1v) is 11.3. The fraction of sp³-hybridized carbons (Fsp3) is 0.538. The van der Waals surface area contributed by atoms with E-state index in [4.69, 9.17) is 0 Å². The number of alkyl halides is 3. The van der Waals surface area contributed by atoms with Crippen molar-refractivity contribution in [2.45, 2.75) is 83.2 Å². The Labute approximate surface area is 177 Å². The summed E-state index contributed by atoms with van der Waals surface area (Å²) >= 11 is 0. The molecule has 0 heterocycles. The van der Waals surface area contributed by atoms with Crippen molar-refractivity contribution in [3.8, 4) is 0 Å². The number of hydrogen-bond acceptors (Lipinski definition) is 0. The smallest absolute Gasteiger partial charge is 0.207 e. The average Bonchev–Trinajstić information content (AvgIpc) is 2.73. The van der Waals surface area contributed by atoms with Crippen molar-refractivity contribution in [3.63, 3.8) is 0 Å². The molecule has 2 aromatic rings. The fourth-order valence-corrected chi connectivity index (χ4v) is 4.63. The molecule has 1 aliphatic rings. The lowest BCUT2D eigenvalue weighted by atomic mass is 9.77. The highest BCUT2D eigenvalue weighted by molar-refractivity contribution is 5.29. The fourth-order valence-electron chi connectivity index (χ4n) is 4.63. The van der Waals surface area contributed by atoms with E-state index in [0.29, 0.717) is 24.3 Å². The zero-order valence-electron chi connectivity index (χ0n) is 17.8. The largest absolute Gasteiger partial charge is 0.416 e. The van der Waals surface area contributed by atoms with Crippen molar-refractivity contribution in [2.75, 3.05) is 0 Å². The zero-order chi connectivity index (χ0) is 21.6. The van der Waals surface area contributed by atoms with Gasteiger partial charge in [-0.1, -0.05) is 56.9 Å². The summed E-state index contributed by atoms with van der Waals surface area (Å²) < 4.78 is 52.6. The number of halogens is 4. The Morgan fingerprint density at radius 3 is 2.17 bits per heavy atom. The van der Waals surface area contributed by atoms with Crippen LogP contribution in [0.1, 0.15) is 86.5 Å². The second kappa shape index (κ2) is 10.5. The molecular weight excluding hydrogens is 388 g/mol. The van der Waals surface area contributed by atoms with Crippen LogP contribution >= 0.6 is 0 Å². The molecule has 0 N–H and O–H groups in total. The molecular formula is C26H32F4. The summed E-state index contributed by atoms with van der Waals surface area (Å²) in [6.45, 7) is 2.23. The van der Waals surface area contributed by atoms with Gasteiger partial charge in [-0.3, -0.25) is 0 Å². The van der Waals surface area contributed by atoms with Crippen molar-refractivity contribution in [1.29, 1.82) is 0 Å². The molecule has 0 amide bonds. The summed E-state index contributed by atoms with van der Waals surface area (Å²) in [5, 5.41) is 0. The van der Waals surface area contributed by atoms with E-state index in [2.05, 4.69) is 6.92 Å². The lowest BCUT2D eigenvalue weighted by Gasteiger charge is -2.29. The van der Waals surface area contributed by atoms with E-state index in [9.17, 15) is 17.6 Å². The minimum absolute atomic E-state index is 0.190. The van der Waals surface area contributed by atoms with E-state index >= 15 is 0 Å². The molecule has 0 spiro atoms. The molecule has 0 bridgehead atoms. The monoisotopic (exact) mass is 420 g/mol. The first-order chi connectivity index (χ1) is 14.4. The minimum Gasteiger partial charge on any atom is -0.207 e. The maximum absolute atomic E-state index is 14.7. The molecule has 1 aliphatic carbocycles. The first kappa shape index (κ1) is 22.8. The third kappa shape index (κ3) is 6.33. The molecule has 0 radical (unpaired) electrons. The molecule has 1 fully saturated rings. The molecule has 0 atom stereocenters. The van der Waals surface area contributed by atoms with Gasteiger partial charge in [-0.25, -0.2) is 4.39 Å². The van der Waals surface area contributed by atoms with Crippen LogP contribution in [0.4, 0.5) is 17.6 Å². The molecule has 0 saturated heterocycles. The van der Waals surface area contributed by atoms with Gasteiger partial charge in [0.25, 0.3) is 0 Å². The Morgan fingerprint density at radius 1 is 0.867 bits per heavy atom. The third-order valence-electron chi connectivity index (χ3n) is 6.58. The second-order valence-electron chi connectivity index (χ2n) is 8.76. The van der Waals surface area contributed by atoms with E-state index in [1.54, 1.807) is 6.07 Å². The van der Waals surface area contributed by atoms with Crippen LogP contribution in [0.15, 0.2) is 42.5 Å². The van der Waals surface area contributed by atoms with Crippen LogP contribution < -0.4 is 0 Å². The average molecular weight is 421 g/mol. The zero-order valence-corrected chi connectivity index (χ0v) is 17.8. The molecule has 0 nitrogen and oxygen atoms in total. The Hall–Kier alpha value is -1.84. The normalized spacial score (nSPS) is 19.8. The number of rotatable bonds is 8. The summed E-state index contributed by atoms with van der Waals surface area (Å²) in [7, 11) is 0. The lowest BCUT2D eigenvalue weighted by Crippen LogP contribution is -2.13. The van der Waals surface area contributed by atoms with Crippen LogP contribution in [-0.4, -0.2) is 0 Å². The molecule has 0 aromatic heterocycles. The van der Waals surface area contributed by atoms with Crippen molar-refractivity contribution in [3.05, 3.63) is 70.5 Å². The van der Waals surface area contributed by atoms with Crippen molar-refractivity contribution < 1.29 is 17.6 Å². The van der Waals surface area contributed by atoms with E-state index in [1.165, 1.54) is 50.7 Å². The SMILES string of the molecule is CCCCCC1CCC(c2ccc(CCc3ccc(C(F)(F)F)cc3)c(F)c2)CC1. The van der Waals surface area contributed by atoms with E-state index in [-0.39, 0.29) is 5.82 Å². The minimum atomic E-state index is -4.32. The van der Waals surface area contributed by atoms with Gasteiger partial charge in [0.2, 0.25) is 0 Å². The van der Waals surface area contributed by atoms with Gasteiger partial charge in [0.15, 0.2) is 0 Å². The molecule has 0 unspecified atom stereocenters. The van der Waals surface area contributed by atoms with Gasteiger partial charge in [0.05, 0.1) is 5.56 Å². The third-order valence-corrected chi connectivity index (χ3v) is 6.58. The summed E-state index contributed by atoms with van der Waals surface area (Å²) in [5.74, 6) is 1.09. The van der Waals surface area contributed by atoms with E-state index in [0.717, 1.165) is 42.0 Å². The maximum atomic E-state index is 14.7. The standard InChI is InChI=1S/C26H32F4/c1-2-3-4-5-19-6-11-21(12-7-19)23-15-14-22(25(27)18-23)13-8-20-9-16-24(17-10-20)26(28,29)30/h9-10,14-19,21H,2-8,11-13H2,1H3. The van der Waals surface area contributed by atoms with Crippen LogP contribution in [0.5, 0.6) is 0 Å². The van der Waals surface area contributed by atoms with Gasteiger partial charge < -0.3 is 0 Å². The topological polar surface area (TPSA) is 0 Å². The van der Waals surface area contributed by atoms with Crippen LogP contribution in [-0.2, 0) is 19.0 Å². The maximum Gasteiger partial charge on any atom is 0.416 e. The molecule has 2 aromatic carbocycles. The number of hydrogen-bond donors (Lipinski definition) is 0. The van der Waals surface area contributed by atoms with Gasteiger partial charge in [-0.15, -0.1) is 0 Å². The predicted octanol–water partition coefficient (Wildman–Crippen LogP) is 8.48. The molecule has 4 heteroatoms. The van der Waals surface area contributed by atoms with Gasteiger partial charge >= 0.3 is 6.18 Å². The second-order valence-corrected chi connectivity index (χ2v) is 8.76. The summed E-state index contributed by atoms with van der Waals surface area (Å²) in [6.07, 6.45) is 6.69. The highest BCUT2D eigenvalue weighted by Crippen LogP contribution is 2.38. The Balaban J connectivity index is 1.52. The van der Waals surface area contributed by atoms with Crippen molar-refractivity contribution >= 4 is 0 Å². The van der Waals surface area contributed by atoms with Gasteiger partial charge in [0.1, 0.15) is 5.82 Å². The van der Waals surface area contributed by atoms with E-state index in [1.807, 2.05) is 12.1 Å². The molecule has 3 rings (SSSR count). The van der Waals surface area contributed by atoms with Gasteiger partial charge in [-0.05, 0) is 85.3 Å². The predicted molar refractivity (Wildman–Crippen MR) is 114 cm³/mol. The summed E-state index contributed by atoms with van der Waals surface area (Å²) in [5.41, 5.74) is 1.86. The summed E-state index contributed by atoms with van der Waals surface area (Å²) in [6, 6.07) is 10.7. The molecule has 164 valence electrons. The Kier molecular flexibility index (Phi) is 7.96. The first-order valence-electron chi connectivity index (χ1n) is 11.3. The van der Waals surface area contributed by atoms with Crippen LogP contribution in [0.25, 0.3) is 0 Å². The Bertz CT molecular complexity index is 784. The van der Waals surface area contributed by atoms with Gasteiger partial charge in [0, 0.05) is 0 Å². The number of unbranched alkanes of at least 4 members (excludes halogenated alkanes) is 2. The highest BCUT2D eigenvalue weighted by atomic mass is 19.4. The van der Waals surface area contributed by atoms with Crippen LogP contribution in [0, 0.1) is 11.7 Å². The molecule has 0 aliphatic heterocycles. The van der Waals surface area contributed by atoms with Crippen LogP contribution in [0.3, 0.4) is 0 Å². The molecule has 30 heavy (non-hydrogen) atoms.